The molecule has 5 nitrogen and oxygen atoms in total. The summed E-state index contributed by atoms with van der Waals surface area (Å²) in [5, 5.41) is 8.77. The summed E-state index contributed by atoms with van der Waals surface area (Å²) in [6.07, 6.45) is 2.45. The summed E-state index contributed by atoms with van der Waals surface area (Å²) in [7, 11) is 0. The van der Waals surface area contributed by atoms with Crippen LogP contribution in [0, 0.1) is 17.0 Å². The van der Waals surface area contributed by atoms with Gasteiger partial charge in [0.25, 0.3) is 5.91 Å². The number of carbonyl (C=O) groups excluding carboxylic acids is 2. The predicted octanol–water partition coefficient (Wildman–Crippen LogP) is 3.11. The zero-order valence-corrected chi connectivity index (χ0v) is 16.0. The molecular weight excluding hydrogens is 386 g/mol. The number of hydrogen-bond acceptors (Lipinski definition) is 3. The lowest BCUT2D eigenvalue weighted by atomic mass is 9.70. The first kappa shape index (κ1) is 20.3. The maximum atomic E-state index is 13.6. The molecule has 8 heteroatoms. The van der Waals surface area contributed by atoms with Crippen LogP contribution in [0.25, 0.3) is 0 Å². The summed E-state index contributed by atoms with van der Waals surface area (Å²) in [6.45, 7) is 0.463. The number of aryl methyl sites for hydroxylation is 1. The average Bonchev–Trinajstić information content (AvgIpc) is 2.99. The van der Waals surface area contributed by atoms with Gasteiger partial charge in [0, 0.05) is 23.9 Å². The van der Waals surface area contributed by atoms with Gasteiger partial charge in [0.2, 0.25) is 5.91 Å². The molecule has 2 N–H and O–H groups in total. The second kappa shape index (κ2) is 7.52. The third-order valence-corrected chi connectivity index (χ3v) is 5.70. The van der Waals surface area contributed by atoms with Crippen molar-refractivity contribution < 1.29 is 23.6 Å². The van der Waals surface area contributed by atoms with Crippen molar-refractivity contribution in [2.75, 3.05) is 11.4 Å². The molecule has 1 aliphatic carbocycles. The van der Waals surface area contributed by atoms with Crippen molar-refractivity contribution in [2.45, 2.75) is 25.7 Å². The van der Waals surface area contributed by atoms with E-state index < -0.39 is 23.0 Å². The Hall–Kier alpha value is -2.45. The zero-order valence-electron chi connectivity index (χ0n) is 15.0. The lowest BCUT2D eigenvalue weighted by molar-refractivity contribution is -0.126. The van der Waals surface area contributed by atoms with E-state index in [0.29, 0.717) is 43.5 Å². The maximum Gasteiger partial charge on any atom is 0.274 e. The van der Waals surface area contributed by atoms with Gasteiger partial charge in [-0.2, -0.15) is 13.5 Å². The molecule has 148 valence electrons. The Morgan fingerprint density at radius 1 is 1.07 bits per heavy atom. The van der Waals surface area contributed by atoms with E-state index in [9.17, 15) is 18.4 Å². The van der Waals surface area contributed by atoms with E-state index in [2.05, 4.69) is 0 Å². The van der Waals surface area contributed by atoms with E-state index >= 15 is 0 Å². The Kier molecular flexibility index (Phi) is 5.45. The van der Waals surface area contributed by atoms with Gasteiger partial charge in [0.05, 0.1) is 5.41 Å². The Morgan fingerprint density at radius 3 is 2.57 bits per heavy atom. The molecule has 2 aromatic carbocycles. The summed E-state index contributed by atoms with van der Waals surface area (Å²) in [5.74, 6) is -2.55. The van der Waals surface area contributed by atoms with Crippen LogP contribution in [0.5, 0.6) is 0 Å². The Labute approximate surface area is 167 Å². The molecule has 1 spiro atoms. The highest BCUT2D eigenvalue weighted by Crippen LogP contribution is 2.45. The van der Waals surface area contributed by atoms with Gasteiger partial charge in [-0.25, -0.2) is 14.3 Å². The zero-order chi connectivity index (χ0) is 19.2. The molecule has 4 rings (SSSR count). The van der Waals surface area contributed by atoms with Gasteiger partial charge in [0.15, 0.2) is 11.6 Å². The second-order valence-corrected chi connectivity index (χ2v) is 7.19. The number of anilines is 1. The van der Waals surface area contributed by atoms with E-state index in [-0.39, 0.29) is 19.4 Å². The number of halogens is 2. The van der Waals surface area contributed by atoms with Crippen LogP contribution in [0.1, 0.15) is 34.3 Å². The molecular formula is C20H20F2N2O3S. The van der Waals surface area contributed by atoms with Crippen LogP contribution < -0.4 is 10.4 Å². The van der Waals surface area contributed by atoms with Crippen molar-refractivity contribution in [2.24, 2.45) is 5.41 Å². The van der Waals surface area contributed by atoms with Crippen LogP contribution in [0.3, 0.4) is 0 Å². The Bertz CT molecular complexity index is 953. The maximum absolute atomic E-state index is 13.6. The molecule has 1 aliphatic heterocycles. The lowest BCUT2D eigenvalue weighted by Gasteiger charge is -2.33. The molecule has 2 amide bonds. The molecule has 0 bridgehead atoms. The molecule has 28 heavy (non-hydrogen) atoms. The minimum Gasteiger partial charge on any atom is -0.312 e. The van der Waals surface area contributed by atoms with E-state index in [4.69, 9.17) is 5.21 Å². The first-order valence-electron chi connectivity index (χ1n) is 8.77. The van der Waals surface area contributed by atoms with E-state index in [0.717, 1.165) is 23.3 Å². The second-order valence-electron chi connectivity index (χ2n) is 7.19. The van der Waals surface area contributed by atoms with E-state index in [1.165, 1.54) is 11.0 Å². The fraction of sp³-hybridized carbons (Fsp3) is 0.300. The van der Waals surface area contributed by atoms with Crippen LogP contribution in [0.2, 0.25) is 0 Å². The van der Waals surface area contributed by atoms with Crippen molar-refractivity contribution in [3.05, 3.63) is 64.7 Å². The summed E-state index contributed by atoms with van der Waals surface area (Å²) < 4.78 is 26.7. The smallest absolute Gasteiger partial charge is 0.274 e. The summed E-state index contributed by atoms with van der Waals surface area (Å²) >= 11 is 0. The summed E-state index contributed by atoms with van der Waals surface area (Å²) in [6, 6.07) is 8.69. The third-order valence-electron chi connectivity index (χ3n) is 5.70. The molecule has 2 aromatic rings. The molecule has 1 fully saturated rings. The van der Waals surface area contributed by atoms with Gasteiger partial charge in [-0.05, 0) is 61.1 Å². The highest BCUT2D eigenvalue weighted by atomic mass is 32.1. The molecule has 0 saturated carbocycles. The van der Waals surface area contributed by atoms with Crippen LogP contribution in [-0.4, -0.2) is 23.6 Å². The highest BCUT2D eigenvalue weighted by Gasteiger charge is 2.48. The quantitative estimate of drug-likeness (QED) is 0.595. The van der Waals surface area contributed by atoms with Crippen molar-refractivity contribution in [3.63, 3.8) is 0 Å². The van der Waals surface area contributed by atoms with Gasteiger partial charge in [-0.1, -0.05) is 6.07 Å². The third kappa shape index (κ3) is 3.27. The van der Waals surface area contributed by atoms with E-state index in [1.807, 2.05) is 6.07 Å². The highest BCUT2D eigenvalue weighted by molar-refractivity contribution is 7.59. The van der Waals surface area contributed by atoms with Crippen LogP contribution >= 0.6 is 13.5 Å². The molecule has 1 heterocycles. The van der Waals surface area contributed by atoms with Crippen molar-refractivity contribution in [1.29, 1.82) is 0 Å². The van der Waals surface area contributed by atoms with E-state index in [1.54, 1.807) is 17.6 Å². The normalized spacial score (nSPS) is 20.7. The molecule has 0 radical (unpaired) electrons. The summed E-state index contributed by atoms with van der Waals surface area (Å²) in [5.41, 5.74) is 3.79. The summed E-state index contributed by atoms with van der Waals surface area (Å²) in [4.78, 5) is 26.2. The van der Waals surface area contributed by atoms with Gasteiger partial charge in [-0.3, -0.25) is 14.8 Å². The number of hydrogen-bond donors (Lipinski definition) is 2. The standard InChI is InChI=1S/C20H18F2N2O3.H2S/c21-16-4-3-15(10-17(16)22)24-8-7-20(19(24)26)6-5-12-9-13(18(25)23-27)1-2-14(12)11-20;/h1-4,9-10,27H,5-8,11H2,(H,23,25);1H2/t20-;/m1./s1. The largest absolute Gasteiger partial charge is 0.312 e. The molecule has 0 aromatic heterocycles. The van der Waals surface area contributed by atoms with Crippen molar-refractivity contribution in [3.8, 4) is 0 Å². The van der Waals surface area contributed by atoms with Gasteiger partial charge < -0.3 is 4.90 Å². The first-order valence-corrected chi connectivity index (χ1v) is 8.77. The molecule has 0 unspecified atom stereocenters. The SMILES string of the molecule is O=C(NO)c1ccc2c(c1)CC[C@@]1(CCN(c3ccc(F)c(F)c3)C1=O)C2.S. The van der Waals surface area contributed by atoms with Crippen LogP contribution in [-0.2, 0) is 17.6 Å². The minimum atomic E-state index is -0.968. The Balaban J connectivity index is 0.00000225. The topological polar surface area (TPSA) is 69.6 Å². The monoisotopic (exact) mass is 406 g/mol. The van der Waals surface area contributed by atoms with Gasteiger partial charge in [0.1, 0.15) is 0 Å². The number of benzene rings is 2. The number of fused-ring (bicyclic) bond motifs is 1. The van der Waals surface area contributed by atoms with Crippen molar-refractivity contribution >= 4 is 31.0 Å². The molecule has 1 saturated heterocycles. The number of carbonyl (C=O) groups is 2. The van der Waals surface area contributed by atoms with Gasteiger partial charge in [-0.15, -0.1) is 0 Å². The number of hydroxylamine groups is 1. The number of rotatable bonds is 2. The number of nitrogens with zero attached hydrogens (tertiary/aromatic N) is 1. The first-order chi connectivity index (χ1) is 12.9. The van der Waals surface area contributed by atoms with Crippen LogP contribution in [0.4, 0.5) is 14.5 Å². The molecule has 1 atom stereocenters. The van der Waals surface area contributed by atoms with Crippen LogP contribution in [0.15, 0.2) is 36.4 Å². The molecule has 2 aliphatic rings. The number of nitrogens with one attached hydrogen (secondary N) is 1. The fourth-order valence-corrected chi connectivity index (χ4v) is 4.18. The van der Waals surface area contributed by atoms with Gasteiger partial charge >= 0.3 is 0 Å². The Morgan fingerprint density at radius 2 is 1.86 bits per heavy atom. The predicted molar refractivity (Wildman–Crippen MR) is 104 cm³/mol. The fourth-order valence-electron chi connectivity index (χ4n) is 4.18. The lowest BCUT2D eigenvalue weighted by Crippen LogP contribution is -2.38. The minimum absolute atomic E-state index is 0. The number of amides is 2. The average molecular weight is 406 g/mol. The van der Waals surface area contributed by atoms with Crippen molar-refractivity contribution in [1.82, 2.24) is 5.48 Å².